The lowest BCUT2D eigenvalue weighted by atomic mass is 9.99. The Balaban J connectivity index is 1.39. The van der Waals surface area contributed by atoms with Crippen LogP contribution in [0.5, 0.6) is 0 Å². The normalized spacial score (nSPS) is 13.2. The fourth-order valence-electron chi connectivity index (χ4n) is 4.73. The molecule has 1 aliphatic rings. The van der Waals surface area contributed by atoms with Crippen LogP contribution in [0.1, 0.15) is 32.1 Å². The summed E-state index contributed by atoms with van der Waals surface area (Å²) in [7, 11) is 0. The largest absolute Gasteiger partial charge is 0.380 e. The summed E-state index contributed by atoms with van der Waals surface area (Å²) in [6.45, 7) is -0.377. The van der Waals surface area contributed by atoms with Crippen molar-refractivity contribution in [2.24, 2.45) is 0 Å². The van der Waals surface area contributed by atoms with Crippen LogP contribution < -0.4 is 10.6 Å². The van der Waals surface area contributed by atoms with Crippen molar-refractivity contribution >= 4 is 34.7 Å². The molecule has 0 radical (unpaired) electrons. The Bertz CT molecular complexity index is 1640. The van der Waals surface area contributed by atoms with Crippen LogP contribution in [0.15, 0.2) is 71.3 Å². The van der Waals surface area contributed by atoms with Crippen molar-refractivity contribution in [2.75, 3.05) is 17.2 Å². The van der Waals surface area contributed by atoms with Crippen molar-refractivity contribution in [1.82, 2.24) is 14.9 Å². The second kappa shape index (κ2) is 8.46. The summed E-state index contributed by atoms with van der Waals surface area (Å²) in [4.78, 5) is 26.8. The van der Waals surface area contributed by atoms with E-state index in [1.807, 2.05) is 42.5 Å². The lowest BCUT2D eigenvalue weighted by molar-refractivity contribution is 0.0972. The van der Waals surface area contributed by atoms with Crippen LogP contribution in [-0.4, -0.2) is 33.7 Å². The average Bonchev–Trinajstić information content (AvgIpc) is 3.49. The number of hydrogen-bond acceptors (Lipinski definition) is 6. The Morgan fingerprint density at radius 2 is 1.83 bits per heavy atom. The first-order chi connectivity index (χ1) is 17.6. The summed E-state index contributed by atoms with van der Waals surface area (Å²) < 4.78 is 20.5. The van der Waals surface area contributed by atoms with Crippen molar-refractivity contribution < 1.29 is 18.5 Å². The highest BCUT2D eigenvalue weighted by Crippen LogP contribution is 2.32. The third kappa shape index (κ3) is 3.36. The lowest BCUT2D eigenvalue weighted by Gasteiger charge is -2.28. The molecular formula is C27H20FN5O3. The number of halogens is 1. The van der Waals surface area contributed by atoms with Gasteiger partial charge < -0.3 is 15.2 Å². The molecule has 2 N–H and O–H groups in total. The number of aldehydes is 1. The smallest absolute Gasteiger partial charge is 0.277 e. The second-order valence-electron chi connectivity index (χ2n) is 8.53. The van der Waals surface area contributed by atoms with Gasteiger partial charge in [-0.25, -0.2) is 9.07 Å². The summed E-state index contributed by atoms with van der Waals surface area (Å²) >= 11 is 0. The van der Waals surface area contributed by atoms with E-state index in [9.17, 15) is 14.0 Å². The van der Waals surface area contributed by atoms with Crippen LogP contribution >= 0.6 is 0 Å². The topological polar surface area (TPSA) is 107 Å². The van der Waals surface area contributed by atoms with Crippen molar-refractivity contribution in [3.63, 3.8) is 0 Å². The van der Waals surface area contributed by atoms with Crippen LogP contribution in [-0.2, 0) is 13.1 Å². The van der Waals surface area contributed by atoms with Crippen LogP contribution in [0, 0.1) is 0 Å². The Labute approximate surface area is 204 Å². The summed E-state index contributed by atoms with van der Waals surface area (Å²) in [5.41, 5.74) is 11.1. The molecule has 0 fully saturated rings. The van der Waals surface area contributed by atoms with Crippen LogP contribution in [0.4, 0.5) is 15.9 Å². The average molecular weight is 481 g/mol. The molecule has 2 aromatic heterocycles. The minimum atomic E-state index is -0.773. The summed E-state index contributed by atoms with van der Waals surface area (Å²) in [5.74, 6) is -0.0503. The predicted molar refractivity (Wildman–Crippen MR) is 133 cm³/mol. The number of rotatable bonds is 5. The molecule has 0 saturated carbocycles. The lowest BCUT2D eigenvalue weighted by Crippen LogP contribution is -2.38. The van der Waals surface area contributed by atoms with E-state index < -0.39 is 6.67 Å². The maximum Gasteiger partial charge on any atom is 0.277 e. The SMILES string of the molecule is Nc1noc2ccc(-n3nc(CF)c4c3C(=O)N(c3ccc(-c5ccccc5C=O)cc3)CC4)cc12. The molecule has 0 aliphatic carbocycles. The minimum absolute atomic E-state index is 0.225. The number of fused-ring (bicyclic) bond motifs is 2. The fourth-order valence-corrected chi connectivity index (χ4v) is 4.73. The van der Waals surface area contributed by atoms with Gasteiger partial charge in [-0.3, -0.25) is 9.59 Å². The van der Waals surface area contributed by atoms with E-state index in [2.05, 4.69) is 10.3 Å². The highest BCUT2D eigenvalue weighted by Gasteiger charge is 2.33. The number of amides is 1. The van der Waals surface area contributed by atoms with Crippen LogP contribution in [0.2, 0.25) is 0 Å². The van der Waals surface area contributed by atoms with Gasteiger partial charge >= 0.3 is 0 Å². The molecule has 36 heavy (non-hydrogen) atoms. The molecular weight excluding hydrogens is 461 g/mol. The summed E-state index contributed by atoms with van der Waals surface area (Å²) in [6, 6.07) is 19.9. The highest BCUT2D eigenvalue weighted by atomic mass is 19.1. The van der Waals surface area contributed by atoms with Gasteiger partial charge in [0, 0.05) is 23.4 Å². The molecule has 5 aromatic rings. The van der Waals surface area contributed by atoms with E-state index in [4.69, 9.17) is 10.3 Å². The monoisotopic (exact) mass is 481 g/mol. The zero-order chi connectivity index (χ0) is 24.8. The third-order valence-corrected chi connectivity index (χ3v) is 6.53. The first kappa shape index (κ1) is 21.7. The standard InChI is InChI=1S/C27H20FN5O3/c28-14-23-21-11-12-32(18-7-5-16(6-8-18)20-4-2-1-3-17(20)15-34)27(35)25(21)33(30-23)19-9-10-24-22(13-19)26(29)31-36-24/h1-10,13,15H,11-12,14H2,(H2,29,31). The molecule has 9 heteroatoms. The molecule has 0 spiro atoms. The second-order valence-corrected chi connectivity index (χ2v) is 8.53. The molecule has 0 bridgehead atoms. The molecule has 8 nitrogen and oxygen atoms in total. The number of nitrogens with two attached hydrogens (primary N) is 1. The van der Waals surface area contributed by atoms with Crippen molar-refractivity contribution in [2.45, 2.75) is 13.1 Å². The van der Waals surface area contributed by atoms with E-state index in [1.54, 1.807) is 29.2 Å². The van der Waals surface area contributed by atoms with Crippen molar-refractivity contribution in [1.29, 1.82) is 0 Å². The number of carbonyl (C=O) groups is 2. The zero-order valence-corrected chi connectivity index (χ0v) is 19.0. The van der Waals surface area contributed by atoms with E-state index in [0.717, 1.165) is 17.4 Å². The molecule has 0 unspecified atom stereocenters. The van der Waals surface area contributed by atoms with Gasteiger partial charge in [-0.2, -0.15) is 5.10 Å². The summed E-state index contributed by atoms with van der Waals surface area (Å²) in [5, 5.41) is 8.77. The van der Waals surface area contributed by atoms with E-state index in [0.29, 0.717) is 52.1 Å². The quantitative estimate of drug-likeness (QED) is 0.363. The third-order valence-electron chi connectivity index (χ3n) is 6.53. The van der Waals surface area contributed by atoms with E-state index in [-0.39, 0.29) is 17.4 Å². The Morgan fingerprint density at radius 1 is 1.06 bits per heavy atom. The first-order valence-electron chi connectivity index (χ1n) is 11.4. The number of benzene rings is 3. The highest BCUT2D eigenvalue weighted by molar-refractivity contribution is 6.08. The number of nitrogens with zero attached hydrogens (tertiary/aromatic N) is 4. The van der Waals surface area contributed by atoms with Gasteiger partial charge in [0.25, 0.3) is 5.91 Å². The number of anilines is 2. The van der Waals surface area contributed by atoms with Crippen LogP contribution in [0.3, 0.4) is 0 Å². The molecule has 178 valence electrons. The number of aromatic nitrogens is 3. The molecule has 1 amide bonds. The Hall–Kier alpha value is -4.79. The Kier molecular flexibility index (Phi) is 5.10. The van der Waals surface area contributed by atoms with E-state index >= 15 is 0 Å². The van der Waals surface area contributed by atoms with Gasteiger partial charge in [0.2, 0.25) is 0 Å². The van der Waals surface area contributed by atoms with Crippen molar-refractivity contribution in [3.8, 4) is 16.8 Å². The zero-order valence-electron chi connectivity index (χ0n) is 19.0. The van der Waals surface area contributed by atoms with E-state index in [1.165, 1.54) is 4.68 Å². The molecule has 6 rings (SSSR count). The van der Waals surface area contributed by atoms with Gasteiger partial charge in [-0.15, -0.1) is 0 Å². The first-order valence-corrected chi connectivity index (χ1v) is 11.4. The Morgan fingerprint density at radius 3 is 2.61 bits per heavy atom. The number of nitrogen functional groups attached to an aromatic ring is 1. The van der Waals surface area contributed by atoms with Gasteiger partial charge in [0.1, 0.15) is 12.4 Å². The van der Waals surface area contributed by atoms with Gasteiger partial charge in [-0.05, 0) is 47.9 Å². The molecule has 3 aromatic carbocycles. The van der Waals surface area contributed by atoms with Crippen molar-refractivity contribution in [3.05, 3.63) is 89.2 Å². The molecule has 3 heterocycles. The molecule has 0 saturated heterocycles. The number of alkyl halides is 1. The fraction of sp³-hybridized carbons (Fsp3) is 0.111. The predicted octanol–water partition coefficient (Wildman–Crippen LogP) is 4.75. The van der Waals surface area contributed by atoms with Crippen LogP contribution in [0.25, 0.3) is 27.8 Å². The number of carbonyl (C=O) groups excluding carboxylic acids is 2. The van der Waals surface area contributed by atoms with Gasteiger partial charge in [0.05, 0.1) is 16.8 Å². The maximum atomic E-state index is 13.9. The molecule has 1 aliphatic heterocycles. The summed E-state index contributed by atoms with van der Waals surface area (Å²) in [6.07, 6.45) is 1.29. The molecule has 0 atom stereocenters. The minimum Gasteiger partial charge on any atom is -0.380 e. The van der Waals surface area contributed by atoms with Gasteiger partial charge in [0.15, 0.2) is 17.7 Å². The number of hydrogen-bond donors (Lipinski definition) is 1. The van der Waals surface area contributed by atoms with Gasteiger partial charge in [-0.1, -0.05) is 41.6 Å². The maximum absolute atomic E-state index is 13.9.